The number of hydrogen-bond acceptors (Lipinski definition) is 3. The van der Waals surface area contributed by atoms with E-state index in [9.17, 15) is 9.59 Å². The first kappa shape index (κ1) is 27.3. The highest BCUT2D eigenvalue weighted by molar-refractivity contribution is 6.09. The van der Waals surface area contributed by atoms with Crippen LogP contribution in [0.4, 0.5) is 0 Å². The van der Waals surface area contributed by atoms with Gasteiger partial charge in [0, 0.05) is 22.0 Å². The summed E-state index contributed by atoms with van der Waals surface area (Å²) in [6.07, 6.45) is 0. The number of benzene rings is 6. The third-order valence-electron chi connectivity index (χ3n) is 9.66. The normalized spacial score (nSPS) is 11.8. The van der Waals surface area contributed by atoms with E-state index in [2.05, 4.69) is 71.3 Å². The van der Waals surface area contributed by atoms with Crippen LogP contribution in [0.1, 0.15) is 0 Å². The molecule has 0 saturated heterocycles. The molecule has 0 unspecified atom stereocenters. The fourth-order valence-electron chi connectivity index (χ4n) is 7.51. The van der Waals surface area contributed by atoms with Crippen LogP contribution in [-0.2, 0) is 0 Å². The Kier molecular flexibility index (Phi) is 5.78. The Morgan fingerprint density at radius 2 is 1.02 bits per heavy atom. The van der Waals surface area contributed by atoms with Gasteiger partial charge in [-0.3, -0.25) is 9.59 Å². The van der Waals surface area contributed by atoms with Crippen LogP contribution in [-0.4, -0.2) is 18.6 Å². The molecule has 230 valence electrons. The van der Waals surface area contributed by atoms with Crippen LogP contribution in [0.2, 0.25) is 0 Å². The van der Waals surface area contributed by atoms with Gasteiger partial charge in [-0.15, -0.1) is 0 Å². The Balaban J connectivity index is 1.23. The van der Waals surface area contributed by atoms with Gasteiger partial charge >= 0.3 is 5.56 Å². The molecule has 0 radical (unpaired) electrons. The Labute approximate surface area is 279 Å². The maximum absolute atomic E-state index is 14.1. The van der Waals surface area contributed by atoms with Gasteiger partial charge in [0.2, 0.25) is 0 Å². The molecule has 6 aromatic carbocycles. The van der Waals surface area contributed by atoms with E-state index in [1.54, 1.807) is 4.52 Å². The molecule has 6 heteroatoms. The third kappa shape index (κ3) is 3.92. The molecule has 4 aromatic heterocycles. The maximum Gasteiger partial charge on any atom is 0.301 e. The number of fused-ring (bicyclic) bond motifs is 8. The molecule has 10 rings (SSSR count). The molecule has 10 aromatic rings. The van der Waals surface area contributed by atoms with E-state index in [0.717, 1.165) is 55.3 Å². The topological polar surface area (TPSA) is 60.8 Å². The molecule has 0 N–H and O–H groups in total. The zero-order valence-corrected chi connectivity index (χ0v) is 26.1. The van der Waals surface area contributed by atoms with Crippen molar-refractivity contribution in [2.24, 2.45) is 0 Å². The van der Waals surface area contributed by atoms with Gasteiger partial charge in [0.1, 0.15) is 0 Å². The van der Waals surface area contributed by atoms with Crippen molar-refractivity contribution in [3.63, 3.8) is 0 Å². The average Bonchev–Trinajstić information content (AvgIpc) is 3.77. The molecule has 6 nitrogen and oxygen atoms in total. The summed E-state index contributed by atoms with van der Waals surface area (Å²) < 4.78 is 5.16. The van der Waals surface area contributed by atoms with Crippen LogP contribution in [0.15, 0.2) is 167 Å². The van der Waals surface area contributed by atoms with Gasteiger partial charge in [-0.05, 0) is 64.7 Å². The average molecular weight is 631 g/mol. The summed E-state index contributed by atoms with van der Waals surface area (Å²) in [5.41, 5.74) is 9.46. The lowest BCUT2D eigenvalue weighted by molar-refractivity contribution is 0.841. The van der Waals surface area contributed by atoms with E-state index in [1.807, 2.05) is 91.0 Å². The first-order valence-electron chi connectivity index (χ1n) is 16.2. The third-order valence-corrected chi connectivity index (χ3v) is 9.66. The molecule has 0 atom stereocenters. The van der Waals surface area contributed by atoms with Gasteiger partial charge in [-0.25, -0.2) is 9.50 Å². The summed E-state index contributed by atoms with van der Waals surface area (Å²) >= 11 is 0. The lowest BCUT2D eigenvalue weighted by Gasteiger charge is -2.15. The molecular formula is C43H26N4O2. The van der Waals surface area contributed by atoms with Gasteiger partial charge in [0.25, 0.3) is 5.56 Å². The zero-order valence-electron chi connectivity index (χ0n) is 26.1. The summed E-state index contributed by atoms with van der Waals surface area (Å²) in [5.74, 6) is 0. The number of hydrogen-bond donors (Lipinski definition) is 0. The van der Waals surface area contributed by atoms with Crippen molar-refractivity contribution in [2.75, 3.05) is 0 Å². The summed E-state index contributed by atoms with van der Waals surface area (Å²) in [5, 5.41) is 2.79. The van der Waals surface area contributed by atoms with E-state index >= 15 is 0 Å². The Morgan fingerprint density at radius 3 is 1.65 bits per heavy atom. The minimum Gasteiger partial charge on any atom is -0.309 e. The second-order valence-electron chi connectivity index (χ2n) is 12.3. The molecule has 0 aliphatic rings. The molecule has 0 aliphatic heterocycles. The second kappa shape index (κ2) is 10.4. The monoisotopic (exact) mass is 630 g/mol. The molecule has 0 saturated carbocycles. The van der Waals surface area contributed by atoms with E-state index in [4.69, 9.17) is 4.98 Å². The van der Waals surface area contributed by atoms with Crippen LogP contribution in [0, 0.1) is 0 Å². The lowest BCUT2D eigenvalue weighted by atomic mass is 9.89. The summed E-state index contributed by atoms with van der Waals surface area (Å²) in [4.78, 5) is 33.0. The highest BCUT2D eigenvalue weighted by Crippen LogP contribution is 2.40. The van der Waals surface area contributed by atoms with Crippen LogP contribution in [0.5, 0.6) is 0 Å². The summed E-state index contributed by atoms with van der Waals surface area (Å²) in [6, 6.07) is 52.9. The molecule has 0 amide bonds. The molecule has 0 bridgehead atoms. The summed E-state index contributed by atoms with van der Waals surface area (Å²) in [6.45, 7) is 0. The van der Waals surface area contributed by atoms with E-state index in [-0.39, 0.29) is 11.1 Å². The molecule has 0 aliphatic carbocycles. The second-order valence-corrected chi connectivity index (χ2v) is 12.3. The van der Waals surface area contributed by atoms with Crippen molar-refractivity contribution in [3.8, 4) is 39.2 Å². The van der Waals surface area contributed by atoms with E-state index in [1.165, 1.54) is 4.52 Å². The van der Waals surface area contributed by atoms with Gasteiger partial charge in [0.05, 0.1) is 33.1 Å². The van der Waals surface area contributed by atoms with Gasteiger partial charge in [-0.2, -0.15) is 4.52 Å². The minimum absolute atomic E-state index is 0.251. The molecule has 0 fully saturated rings. The molecular weight excluding hydrogens is 604 g/mol. The number of aromatic nitrogens is 4. The minimum atomic E-state index is -0.435. The molecule has 0 spiro atoms. The van der Waals surface area contributed by atoms with Crippen molar-refractivity contribution in [1.82, 2.24) is 18.6 Å². The van der Waals surface area contributed by atoms with Gasteiger partial charge < -0.3 is 4.57 Å². The first-order valence-corrected chi connectivity index (χ1v) is 16.2. The Morgan fingerprint density at radius 1 is 0.429 bits per heavy atom. The number of pyridine rings is 1. The zero-order chi connectivity index (χ0) is 32.6. The predicted octanol–water partition coefficient (Wildman–Crippen LogP) is 9.00. The fraction of sp³-hybridized carbons (Fsp3) is 0. The van der Waals surface area contributed by atoms with Crippen molar-refractivity contribution in [3.05, 3.63) is 178 Å². The summed E-state index contributed by atoms with van der Waals surface area (Å²) in [7, 11) is 0. The van der Waals surface area contributed by atoms with Gasteiger partial charge in [0.15, 0.2) is 5.52 Å². The fourth-order valence-corrected chi connectivity index (χ4v) is 7.51. The van der Waals surface area contributed by atoms with Crippen molar-refractivity contribution < 1.29 is 0 Å². The van der Waals surface area contributed by atoms with E-state index in [0.29, 0.717) is 22.1 Å². The van der Waals surface area contributed by atoms with E-state index < -0.39 is 5.56 Å². The lowest BCUT2D eigenvalue weighted by Crippen LogP contribution is -2.21. The number of para-hydroxylation sites is 2. The number of rotatable bonds is 4. The van der Waals surface area contributed by atoms with Crippen LogP contribution < -0.4 is 11.1 Å². The highest BCUT2D eigenvalue weighted by atomic mass is 16.2. The SMILES string of the molecule is O=c1c2ccc(-n3c4ccccc4c4ccccc43)cc2n2c3ccc(-c4c(-c5ccccc5)cccc4-c4ccccc4)nc3c(=O)n12. The highest BCUT2D eigenvalue weighted by Gasteiger charge is 2.22. The van der Waals surface area contributed by atoms with Crippen LogP contribution in [0.3, 0.4) is 0 Å². The Bertz CT molecular complexity index is 2920. The smallest absolute Gasteiger partial charge is 0.301 e. The van der Waals surface area contributed by atoms with Crippen molar-refractivity contribution >= 4 is 43.7 Å². The number of nitrogens with zero attached hydrogens (tertiary/aromatic N) is 4. The Hall–Kier alpha value is -6.79. The molecule has 49 heavy (non-hydrogen) atoms. The largest absolute Gasteiger partial charge is 0.309 e. The standard InChI is InChI=1S/C43H26N4O2/c48-42-34-23-22-29(45-36-20-9-7-16-32(36)33-17-8-10-21-37(33)45)26-39(34)46-38-25-24-35(44-41(38)43(49)47(42)46)40-30(27-12-3-1-4-13-27)18-11-19-31(40)28-14-5-2-6-15-28/h1-26H. The van der Waals surface area contributed by atoms with Gasteiger partial charge in [-0.1, -0.05) is 115 Å². The van der Waals surface area contributed by atoms with Crippen LogP contribution >= 0.6 is 0 Å². The maximum atomic E-state index is 14.1. The van der Waals surface area contributed by atoms with Crippen molar-refractivity contribution in [1.29, 1.82) is 0 Å². The first-order chi connectivity index (χ1) is 24.2. The molecule has 4 heterocycles. The quantitative estimate of drug-likeness (QED) is 0.195. The van der Waals surface area contributed by atoms with Crippen LogP contribution in [0.25, 0.3) is 82.9 Å². The predicted molar refractivity (Wildman–Crippen MR) is 198 cm³/mol. The van der Waals surface area contributed by atoms with Crippen molar-refractivity contribution in [2.45, 2.75) is 0 Å².